The minimum absolute atomic E-state index is 0.147. The number of benzene rings is 1. The molecule has 0 bridgehead atoms. The van der Waals surface area contributed by atoms with Crippen molar-refractivity contribution < 1.29 is 4.74 Å². The second-order valence-electron chi connectivity index (χ2n) is 7.93. The first-order valence-corrected chi connectivity index (χ1v) is 10.8. The van der Waals surface area contributed by atoms with E-state index >= 15 is 0 Å². The number of nitriles is 1. The van der Waals surface area contributed by atoms with Crippen molar-refractivity contribution in [1.82, 2.24) is 24.8 Å². The van der Waals surface area contributed by atoms with Crippen molar-refractivity contribution in [1.29, 1.82) is 5.26 Å². The molecule has 31 heavy (non-hydrogen) atoms. The van der Waals surface area contributed by atoms with Crippen LogP contribution in [0.1, 0.15) is 25.3 Å². The summed E-state index contributed by atoms with van der Waals surface area (Å²) >= 11 is 0. The Morgan fingerprint density at radius 1 is 1.16 bits per heavy atom. The number of hydrazine groups is 1. The van der Waals surface area contributed by atoms with Gasteiger partial charge in [-0.25, -0.2) is 20.0 Å². The lowest BCUT2D eigenvalue weighted by atomic mass is 10.1. The number of morpholine rings is 1. The van der Waals surface area contributed by atoms with E-state index < -0.39 is 0 Å². The van der Waals surface area contributed by atoms with Crippen LogP contribution in [0, 0.1) is 17.2 Å². The highest BCUT2D eigenvalue weighted by atomic mass is 16.5. The second kappa shape index (κ2) is 8.84. The van der Waals surface area contributed by atoms with Crippen LogP contribution < -0.4 is 5.01 Å². The molecule has 2 aromatic heterocycles. The Labute approximate surface area is 181 Å². The summed E-state index contributed by atoms with van der Waals surface area (Å²) in [5.41, 5.74) is 2.76. The summed E-state index contributed by atoms with van der Waals surface area (Å²) in [6, 6.07) is 14.5. The normalized spacial score (nSPS) is 17.8. The topological polar surface area (TPSA) is 83.1 Å². The maximum atomic E-state index is 9.20. The van der Waals surface area contributed by atoms with Crippen LogP contribution in [0.4, 0.5) is 11.6 Å². The van der Waals surface area contributed by atoms with Gasteiger partial charge in [-0.15, -0.1) is 0 Å². The lowest BCUT2D eigenvalue weighted by Gasteiger charge is -2.37. The summed E-state index contributed by atoms with van der Waals surface area (Å²) in [4.78, 5) is 9.48. The van der Waals surface area contributed by atoms with Crippen molar-refractivity contribution in [2.45, 2.75) is 25.3 Å². The van der Waals surface area contributed by atoms with Gasteiger partial charge in [0, 0.05) is 31.0 Å². The van der Waals surface area contributed by atoms with Crippen molar-refractivity contribution in [2.75, 3.05) is 31.3 Å². The molecular formula is C23H25N7O. The SMILES string of the molecule is N#CCC(C1CC1)n1cc(-c2ccnc(N(c3ccccc3)N3CCOCC3)n2)cn1. The number of hydrogen-bond donors (Lipinski definition) is 0. The number of aromatic nitrogens is 4. The molecule has 1 saturated carbocycles. The van der Waals surface area contributed by atoms with Crippen LogP contribution in [0.5, 0.6) is 0 Å². The average Bonchev–Trinajstić information content (AvgIpc) is 3.55. The maximum Gasteiger partial charge on any atom is 0.245 e. The standard InChI is InChI=1S/C23H25N7O/c24-10-8-22(18-6-7-18)29-17-19(16-26-29)21-9-11-25-23(27-21)30(20-4-2-1-3-5-20)28-12-14-31-15-13-28/h1-5,9,11,16-18,22H,6-8,12-15H2. The summed E-state index contributed by atoms with van der Waals surface area (Å²) < 4.78 is 7.48. The molecule has 1 atom stereocenters. The van der Waals surface area contributed by atoms with Crippen molar-refractivity contribution in [3.05, 3.63) is 55.0 Å². The van der Waals surface area contributed by atoms with Crippen LogP contribution >= 0.6 is 0 Å². The van der Waals surface area contributed by atoms with E-state index in [1.807, 2.05) is 41.3 Å². The van der Waals surface area contributed by atoms with Crippen LogP contribution in [0.15, 0.2) is 55.0 Å². The number of ether oxygens (including phenoxy) is 1. The predicted octanol–water partition coefficient (Wildman–Crippen LogP) is 3.59. The quantitative estimate of drug-likeness (QED) is 0.583. The number of nitrogens with zero attached hydrogens (tertiary/aromatic N) is 7. The van der Waals surface area contributed by atoms with E-state index in [2.05, 4.69) is 38.3 Å². The summed E-state index contributed by atoms with van der Waals surface area (Å²) in [6.45, 7) is 2.91. The molecule has 8 heteroatoms. The van der Waals surface area contributed by atoms with Gasteiger partial charge in [0.1, 0.15) is 0 Å². The number of rotatable bonds is 7. The van der Waals surface area contributed by atoms with E-state index in [1.165, 1.54) is 12.8 Å². The van der Waals surface area contributed by atoms with Gasteiger partial charge in [0.2, 0.25) is 5.95 Å². The first-order chi connectivity index (χ1) is 15.3. The molecule has 8 nitrogen and oxygen atoms in total. The summed E-state index contributed by atoms with van der Waals surface area (Å²) in [5.74, 6) is 1.18. The minimum Gasteiger partial charge on any atom is -0.379 e. The fourth-order valence-electron chi connectivity index (χ4n) is 4.04. The van der Waals surface area contributed by atoms with Gasteiger partial charge in [-0.1, -0.05) is 18.2 Å². The zero-order valence-electron chi connectivity index (χ0n) is 17.3. The zero-order valence-corrected chi connectivity index (χ0v) is 17.3. The Hall–Kier alpha value is -3.28. The first-order valence-electron chi connectivity index (χ1n) is 10.8. The molecule has 158 valence electrons. The number of anilines is 2. The molecule has 0 amide bonds. The molecule has 0 N–H and O–H groups in total. The molecule has 5 rings (SSSR count). The van der Waals surface area contributed by atoms with Crippen molar-refractivity contribution in [3.8, 4) is 17.3 Å². The van der Waals surface area contributed by atoms with E-state index in [1.54, 1.807) is 6.20 Å². The molecule has 3 aromatic rings. The maximum absolute atomic E-state index is 9.20. The lowest BCUT2D eigenvalue weighted by molar-refractivity contribution is 0.0371. The summed E-state index contributed by atoms with van der Waals surface area (Å²) in [5, 5.41) is 18.0. The molecule has 1 aliphatic heterocycles. The molecule has 1 unspecified atom stereocenters. The Bertz CT molecular complexity index is 1050. The number of hydrogen-bond acceptors (Lipinski definition) is 7. The van der Waals surface area contributed by atoms with E-state index in [4.69, 9.17) is 9.72 Å². The monoisotopic (exact) mass is 415 g/mol. The molecule has 0 radical (unpaired) electrons. The van der Waals surface area contributed by atoms with Crippen LogP contribution in [0.3, 0.4) is 0 Å². The molecule has 2 fully saturated rings. The van der Waals surface area contributed by atoms with Gasteiger partial charge in [-0.05, 0) is 37.0 Å². The minimum atomic E-state index is 0.147. The highest BCUT2D eigenvalue weighted by molar-refractivity contribution is 5.61. The lowest BCUT2D eigenvalue weighted by Crippen LogP contribution is -2.47. The molecule has 3 heterocycles. The Balaban J connectivity index is 1.46. The smallest absolute Gasteiger partial charge is 0.245 e. The van der Waals surface area contributed by atoms with Crippen LogP contribution in [0.25, 0.3) is 11.3 Å². The fraction of sp³-hybridized carbons (Fsp3) is 0.391. The van der Waals surface area contributed by atoms with E-state index in [9.17, 15) is 5.26 Å². The molecule has 0 spiro atoms. The second-order valence-corrected chi connectivity index (χ2v) is 7.93. The van der Waals surface area contributed by atoms with Crippen LogP contribution in [-0.2, 0) is 4.74 Å². The molecule has 1 saturated heterocycles. The van der Waals surface area contributed by atoms with Gasteiger partial charge in [0.15, 0.2) is 0 Å². The van der Waals surface area contributed by atoms with Crippen molar-refractivity contribution in [2.24, 2.45) is 5.92 Å². The third kappa shape index (κ3) is 4.29. The molecule has 2 aliphatic rings. The van der Waals surface area contributed by atoms with E-state index in [-0.39, 0.29) is 6.04 Å². The van der Waals surface area contributed by atoms with Crippen molar-refractivity contribution >= 4 is 11.6 Å². The Morgan fingerprint density at radius 3 is 2.71 bits per heavy atom. The van der Waals surface area contributed by atoms with E-state index in [0.717, 1.165) is 30.0 Å². The molecule has 1 aromatic carbocycles. The van der Waals surface area contributed by atoms with Gasteiger partial charge in [0.25, 0.3) is 0 Å². The van der Waals surface area contributed by atoms with Crippen LogP contribution in [-0.4, -0.2) is 51.1 Å². The van der Waals surface area contributed by atoms with Gasteiger partial charge >= 0.3 is 0 Å². The third-order valence-electron chi connectivity index (χ3n) is 5.81. The Kier molecular flexibility index (Phi) is 5.61. The van der Waals surface area contributed by atoms with E-state index in [0.29, 0.717) is 31.5 Å². The van der Waals surface area contributed by atoms with Gasteiger partial charge in [-0.2, -0.15) is 10.4 Å². The predicted molar refractivity (Wildman–Crippen MR) is 116 cm³/mol. The summed E-state index contributed by atoms with van der Waals surface area (Å²) in [7, 11) is 0. The van der Waals surface area contributed by atoms with Gasteiger partial charge in [0.05, 0.1) is 49.3 Å². The Morgan fingerprint density at radius 2 is 1.97 bits per heavy atom. The largest absolute Gasteiger partial charge is 0.379 e. The number of para-hydroxylation sites is 1. The highest BCUT2D eigenvalue weighted by Gasteiger charge is 2.33. The van der Waals surface area contributed by atoms with Crippen LogP contribution in [0.2, 0.25) is 0 Å². The first kappa shape index (κ1) is 19.7. The fourth-order valence-corrected chi connectivity index (χ4v) is 4.04. The van der Waals surface area contributed by atoms with Gasteiger partial charge < -0.3 is 4.74 Å². The zero-order chi connectivity index (χ0) is 21.0. The average molecular weight is 416 g/mol. The molecular weight excluding hydrogens is 390 g/mol. The molecule has 1 aliphatic carbocycles. The van der Waals surface area contributed by atoms with Gasteiger partial charge in [-0.3, -0.25) is 4.68 Å². The highest BCUT2D eigenvalue weighted by Crippen LogP contribution is 2.41. The third-order valence-corrected chi connectivity index (χ3v) is 5.81. The summed E-state index contributed by atoms with van der Waals surface area (Å²) in [6.07, 6.45) is 8.46. The van der Waals surface area contributed by atoms with Crippen molar-refractivity contribution in [3.63, 3.8) is 0 Å².